The average Bonchev–Trinajstić information content (AvgIpc) is 2.40. The van der Waals surface area contributed by atoms with Gasteiger partial charge in [0.1, 0.15) is 0 Å². The van der Waals surface area contributed by atoms with Gasteiger partial charge in [-0.25, -0.2) is 4.39 Å². The largest absolute Gasteiger partial charge is 0.438 e. The van der Waals surface area contributed by atoms with Gasteiger partial charge in [-0.3, -0.25) is 4.55 Å². The van der Waals surface area contributed by atoms with E-state index in [4.69, 9.17) is 9.29 Å². The molecule has 0 aromatic rings. The third-order valence-electron chi connectivity index (χ3n) is 2.89. The van der Waals surface area contributed by atoms with E-state index in [2.05, 4.69) is 0 Å². The molecule has 23 heavy (non-hydrogen) atoms. The van der Waals surface area contributed by atoms with E-state index in [0.29, 0.717) is 6.42 Å². The zero-order valence-electron chi connectivity index (χ0n) is 12.0. The minimum Gasteiger partial charge on any atom is -0.381 e. The smallest absolute Gasteiger partial charge is 0.381 e. The van der Waals surface area contributed by atoms with Crippen molar-refractivity contribution in [3.05, 3.63) is 0 Å². The summed E-state index contributed by atoms with van der Waals surface area (Å²) in [5.41, 5.74) is 0. The van der Waals surface area contributed by atoms with Gasteiger partial charge in [-0.1, -0.05) is 13.3 Å². The van der Waals surface area contributed by atoms with Crippen LogP contribution in [0.15, 0.2) is 0 Å². The lowest BCUT2D eigenvalue weighted by atomic mass is 10.0. The Balaban J connectivity index is 4.88. The standard InChI is InChI=1S/C11H17F7O4S/c1-2-3-6-22-7-4-5-8(12)9(13,14)10(15,16)11(17,18)23(19,20)21/h8H,2-7H2,1H3,(H,19,20,21). The van der Waals surface area contributed by atoms with Crippen LogP contribution in [0.5, 0.6) is 0 Å². The minimum atomic E-state index is -6.87. The Hall–Kier alpha value is -0.620. The Morgan fingerprint density at radius 2 is 1.52 bits per heavy atom. The summed E-state index contributed by atoms with van der Waals surface area (Å²) in [6.45, 7) is 1.82. The molecule has 0 saturated carbocycles. The van der Waals surface area contributed by atoms with Crippen LogP contribution in [0.3, 0.4) is 0 Å². The fourth-order valence-electron chi connectivity index (χ4n) is 1.45. The zero-order chi connectivity index (χ0) is 18.5. The Bertz CT molecular complexity index is 467. The summed E-state index contributed by atoms with van der Waals surface area (Å²) in [7, 11) is -6.87. The monoisotopic (exact) mass is 378 g/mol. The van der Waals surface area contributed by atoms with Gasteiger partial charge < -0.3 is 4.74 Å². The molecule has 140 valence electrons. The average molecular weight is 378 g/mol. The summed E-state index contributed by atoms with van der Waals surface area (Å²) in [5, 5.41) is -6.54. The molecule has 1 atom stereocenters. The van der Waals surface area contributed by atoms with E-state index in [1.165, 1.54) is 0 Å². The fourth-order valence-corrected chi connectivity index (χ4v) is 1.91. The van der Waals surface area contributed by atoms with Crippen LogP contribution < -0.4 is 0 Å². The van der Waals surface area contributed by atoms with Crippen molar-refractivity contribution in [2.75, 3.05) is 13.2 Å². The molecule has 1 unspecified atom stereocenters. The molecule has 0 amide bonds. The lowest BCUT2D eigenvalue weighted by molar-refractivity contribution is -0.300. The normalized spacial score (nSPS) is 15.7. The van der Waals surface area contributed by atoms with Gasteiger partial charge in [0, 0.05) is 13.2 Å². The molecule has 0 aliphatic rings. The third-order valence-corrected chi connectivity index (χ3v) is 3.79. The molecule has 1 N–H and O–H groups in total. The van der Waals surface area contributed by atoms with E-state index in [0.717, 1.165) is 6.42 Å². The Morgan fingerprint density at radius 1 is 1.04 bits per heavy atom. The second-order valence-electron chi connectivity index (χ2n) is 4.76. The lowest BCUT2D eigenvalue weighted by Gasteiger charge is -2.32. The van der Waals surface area contributed by atoms with Gasteiger partial charge in [-0.15, -0.1) is 0 Å². The molecule has 12 heteroatoms. The maximum Gasteiger partial charge on any atom is 0.438 e. The molecule has 4 nitrogen and oxygen atoms in total. The van der Waals surface area contributed by atoms with Gasteiger partial charge in [0.15, 0.2) is 6.17 Å². The van der Waals surface area contributed by atoms with Gasteiger partial charge in [0.05, 0.1) is 0 Å². The predicted octanol–water partition coefficient (Wildman–Crippen LogP) is 3.67. The van der Waals surface area contributed by atoms with Crippen molar-refractivity contribution in [1.29, 1.82) is 0 Å². The summed E-state index contributed by atoms with van der Waals surface area (Å²) in [4.78, 5) is 0. The van der Waals surface area contributed by atoms with Crippen LogP contribution in [0.4, 0.5) is 30.7 Å². The molecular weight excluding hydrogens is 361 g/mol. The lowest BCUT2D eigenvalue weighted by Crippen LogP contribution is -2.61. The first-order valence-corrected chi connectivity index (χ1v) is 7.99. The van der Waals surface area contributed by atoms with Crippen LogP contribution >= 0.6 is 0 Å². The molecule has 0 radical (unpaired) electrons. The second-order valence-corrected chi connectivity index (χ2v) is 6.23. The number of alkyl halides is 7. The molecule has 0 aliphatic carbocycles. The van der Waals surface area contributed by atoms with Crippen molar-refractivity contribution in [2.24, 2.45) is 0 Å². The maximum atomic E-state index is 13.3. The number of halogens is 7. The van der Waals surface area contributed by atoms with E-state index in [1.807, 2.05) is 6.92 Å². The molecule has 0 rings (SSSR count). The first-order chi connectivity index (χ1) is 10.2. The number of ether oxygens (including phenoxy) is 1. The molecule has 0 fully saturated rings. The third kappa shape index (κ3) is 4.92. The number of unbranched alkanes of at least 4 members (excludes halogenated alkanes) is 1. The van der Waals surface area contributed by atoms with E-state index < -0.39 is 46.2 Å². The van der Waals surface area contributed by atoms with Crippen LogP contribution in [0.1, 0.15) is 32.6 Å². The van der Waals surface area contributed by atoms with Crippen molar-refractivity contribution in [3.8, 4) is 0 Å². The molecule has 0 bridgehead atoms. The summed E-state index contributed by atoms with van der Waals surface area (Å²) >= 11 is 0. The second kappa shape index (κ2) is 7.97. The van der Waals surface area contributed by atoms with Crippen molar-refractivity contribution < 1.29 is 48.4 Å². The van der Waals surface area contributed by atoms with E-state index in [9.17, 15) is 39.2 Å². The number of rotatable bonds is 11. The van der Waals surface area contributed by atoms with Gasteiger partial charge in [0.25, 0.3) is 0 Å². The first kappa shape index (κ1) is 22.4. The van der Waals surface area contributed by atoms with Crippen molar-refractivity contribution in [3.63, 3.8) is 0 Å². The molecule has 0 aliphatic heterocycles. The summed E-state index contributed by atoms with van der Waals surface area (Å²) in [6, 6.07) is 0. The molecule has 0 aromatic carbocycles. The molecule has 0 aromatic heterocycles. The van der Waals surface area contributed by atoms with Gasteiger partial charge in [-0.2, -0.15) is 34.8 Å². The zero-order valence-corrected chi connectivity index (χ0v) is 12.9. The highest BCUT2D eigenvalue weighted by Crippen LogP contribution is 2.50. The van der Waals surface area contributed by atoms with E-state index in [1.54, 1.807) is 0 Å². The van der Waals surface area contributed by atoms with E-state index in [-0.39, 0.29) is 13.2 Å². The summed E-state index contributed by atoms with van der Waals surface area (Å²) in [5.74, 6) is -12.6. The van der Waals surface area contributed by atoms with Crippen molar-refractivity contribution in [2.45, 2.75) is 55.9 Å². The Morgan fingerprint density at radius 3 is 1.96 bits per heavy atom. The van der Waals surface area contributed by atoms with Gasteiger partial charge in [-0.05, 0) is 19.3 Å². The van der Waals surface area contributed by atoms with Crippen molar-refractivity contribution >= 4 is 10.1 Å². The van der Waals surface area contributed by atoms with Crippen LogP contribution in [0.2, 0.25) is 0 Å². The van der Waals surface area contributed by atoms with Gasteiger partial charge in [0.2, 0.25) is 0 Å². The minimum absolute atomic E-state index is 0.237. The summed E-state index contributed by atoms with van der Waals surface area (Å²) < 4.78 is 125. The molecular formula is C11H17F7O4S. The quantitative estimate of drug-likeness (QED) is 0.339. The highest BCUT2D eigenvalue weighted by molar-refractivity contribution is 7.87. The molecule has 0 spiro atoms. The summed E-state index contributed by atoms with van der Waals surface area (Å²) in [6.07, 6.45) is -4.07. The van der Waals surface area contributed by atoms with Crippen LogP contribution in [-0.4, -0.2) is 49.5 Å². The topological polar surface area (TPSA) is 63.6 Å². The first-order valence-electron chi connectivity index (χ1n) is 6.55. The van der Waals surface area contributed by atoms with Crippen molar-refractivity contribution in [1.82, 2.24) is 0 Å². The Kier molecular flexibility index (Phi) is 7.75. The fraction of sp³-hybridized carbons (Fsp3) is 1.00. The van der Waals surface area contributed by atoms with E-state index >= 15 is 0 Å². The predicted molar refractivity (Wildman–Crippen MR) is 66.2 cm³/mol. The number of hydrogen-bond acceptors (Lipinski definition) is 3. The maximum absolute atomic E-state index is 13.3. The molecule has 0 heterocycles. The van der Waals surface area contributed by atoms with Crippen LogP contribution in [0, 0.1) is 0 Å². The van der Waals surface area contributed by atoms with Crippen LogP contribution in [0.25, 0.3) is 0 Å². The van der Waals surface area contributed by atoms with Crippen LogP contribution in [-0.2, 0) is 14.9 Å². The highest BCUT2D eigenvalue weighted by atomic mass is 32.2. The SMILES string of the molecule is CCCCOCCCC(F)C(F)(F)C(F)(F)C(F)(F)S(=O)(=O)O. The number of hydrogen-bond donors (Lipinski definition) is 1. The Labute approximate surface area is 128 Å². The molecule has 0 saturated heterocycles. The van der Waals surface area contributed by atoms with Gasteiger partial charge >= 0.3 is 27.2 Å². The highest BCUT2D eigenvalue weighted by Gasteiger charge is 2.79.